The molecule has 34 heavy (non-hydrogen) atoms. The Morgan fingerprint density at radius 2 is 1.91 bits per heavy atom. The lowest BCUT2D eigenvalue weighted by molar-refractivity contribution is -0.130. The number of amides is 2. The average molecular weight is 471 g/mol. The highest BCUT2D eigenvalue weighted by Crippen LogP contribution is 2.29. The number of carbonyl (C=O) groups excluding carboxylic acids is 2. The van der Waals surface area contributed by atoms with Crippen molar-refractivity contribution >= 4 is 17.5 Å². The average Bonchev–Trinajstić information content (AvgIpc) is 3.26. The van der Waals surface area contributed by atoms with Crippen LogP contribution in [0.15, 0.2) is 41.3 Å². The van der Waals surface area contributed by atoms with E-state index >= 15 is 0 Å². The Hall–Kier alpha value is -3.04. The number of carbonyl (C=O) groups is 2. The van der Waals surface area contributed by atoms with E-state index in [9.17, 15) is 18.8 Å². The highest BCUT2D eigenvalue weighted by Gasteiger charge is 2.37. The lowest BCUT2D eigenvalue weighted by Gasteiger charge is -2.33. The topological polar surface area (TPSA) is 92.7 Å². The van der Waals surface area contributed by atoms with Gasteiger partial charge in [0.25, 0.3) is 5.56 Å². The summed E-state index contributed by atoms with van der Waals surface area (Å²) >= 11 is 0. The van der Waals surface area contributed by atoms with Gasteiger partial charge in [-0.15, -0.1) is 0 Å². The van der Waals surface area contributed by atoms with Crippen molar-refractivity contribution in [1.29, 1.82) is 0 Å². The highest BCUT2D eigenvalue weighted by atomic mass is 19.1. The maximum Gasteiger partial charge on any atom is 0.251 e. The summed E-state index contributed by atoms with van der Waals surface area (Å²) in [5.41, 5.74) is 2.11. The Morgan fingerprint density at radius 3 is 2.59 bits per heavy atom. The standard InChI is InChI=1S/C25H31FN4O4/c1-16(27-2)24(32)28-23(18-8-11-34-12-9-18)25(33)30-10-7-19-13-22(31)29(15-21(19)30)14-17-3-5-20(26)6-4-17/h3-6,13,15-16,18,23,27H,7-12,14H2,1-2H3,(H,28,32)/t16-,23-/m0/s1. The molecule has 182 valence electrons. The number of anilines is 1. The third-order valence-electron chi connectivity index (χ3n) is 6.74. The Balaban J connectivity index is 1.60. The number of nitrogens with zero attached hydrogens (tertiary/aromatic N) is 2. The van der Waals surface area contributed by atoms with Gasteiger partial charge in [-0.05, 0) is 62.4 Å². The van der Waals surface area contributed by atoms with Crippen LogP contribution in [-0.2, 0) is 27.3 Å². The van der Waals surface area contributed by atoms with Gasteiger partial charge in [-0.1, -0.05) is 12.1 Å². The zero-order valence-corrected chi connectivity index (χ0v) is 19.6. The van der Waals surface area contributed by atoms with Crippen LogP contribution in [0, 0.1) is 11.7 Å². The predicted molar refractivity (Wildman–Crippen MR) is 126 cm³/mol. The molecule has 2 atom stereocenters. The van der Waals surface area contributed by atoms with Gasteiger partial charge in [0.05, 0.1) is 18.3 Å². The van der Waals surface area contributed by atoms with E-state index in [0.717, 1.165) is 11.1 Å². The van der Waals surface area contributed by atoms with Crippen molar-refractivity contribution < 1.29 is 18.7 Å². The van der Waals surface area contributed by atoms with Gasteiger partial charge >= 0.3 is 0 Å². The fourth-order valence-electron chi connectivity index (χ4n) is 4.54. The molecule has 0 saturated carbocycles. The molecule has 4 rings (SSSR count). The summed E-state index contributed by atoms with van der Waals surface area (Å²) in [7, 11) is 1.70. The van der Waals surface area contributed by atoms with Crippen molar-refractivity contribution in [3.8, 4) is 0 Å². The Bertz CT molecular complexity index is 1100. The Kier molecular flexibility index (Phi) is 7.43. The van der Waals surface area contributed by atoms with E-state index in [2.05, 4.69) is 10.6 Å². The van der Waals surface area contributed by atoms with Gasteiger partial charge in [0.2, 0.25) is 11.8 Å². The molecule has 2 aromatic rings. The monoisotopic (exact) mass is 470 g/mol. The predicted octanol–water partition coefficient (Wildman–Crippen LogP) is 1.44. The number of hydrogen-bond donors (Lipinski definition) is 2. The summed E-state index contributed by atoms with van der Waals surface area (Å²) in [6.45, 7) is 3.58. The summed E-state index contributed by atoms with van der Waals surface area (Å²) in [6.07, 6.45) is 3.66. The van der Waals surface area contributed by atoms with Crippen molar-refractivity contribution in [2.24, 2.45) is 5.92 Å². The van der Waals surface area contributed by atoms with E-state index in [0.29, 0.717) is 44.7 Å². The van der Waals surface area contributed by atoms with Crippen LogP contribution in [0.25, 0.3) is 0 Å². The second-order valence-electron chi connectivity index (χ2n) is 8.96. The molecule has 1 aromatic carbocycles. The van der Waals surface area contributed by atoms with E-state index in [-0.39, 0.29) is 35.7 Å². The van der Waals surface area contributed by atoms with E-state index in [1.807, 2.05) is 0 Å². The lowest BCUT2D eigenvalue weighted by Crippen LogP contribution is -2.56. The minimum Gasteiger partial charge on any atom is -0.381 e. The summed E-state index contributed by atoms with van der Waals surface area (Å²) in [4.78, 5) is 40.8. The zero-order valence-electron chi connectivity index (χ0n) is 19.6. The number of ether oxygens (including phenoxy) is 1. The molecule has 9 heteroatoms. The van der Waals surface area contributed by atoms with Gasteiger partial charge in [-0.2, -0.15) is 0 Å². The van der Waals surface area contributed by atoms with Crippen LogP contribution in [0.2, 0.25) is 0 Å². The second kappa shape index (κ2) is 10.5. The number of rotatable bonds is 7. The van der Waals surface area contributed by atoms with E-state index in [1.54, 1.807) is 43.3 Å². The van der Waals surface area contributed by atoms with Gasteiger partial charge in [-0.25, -0.2) is 4.39 Å². The molecule has 3 heterocycles. The number of hydrogen-bond acceptors (Lipinski definition) is 5. The van der Waals surface area contributed by atoms with Crippen molar-refractivity contribution in [1.82, 2.24) is 15.2 Å². The molecule has 2 aliphatic rings. The number of aromatic nitrogens is 1. The fourth-order valence-corrected chi connectivity index (χ4v) is 4.54. The molecule has 0 spiro atoms. The Labute approximate surface area is 198 Å². The molecule has 0 radical (unpaired) electrons. The molecule has 0 unspecified atom stereocenters. The molecule has 8 nitrogen and oxygen atoms in total. The smallest absolute Gasteiger partial charge is 0.251 e. The van der Waals surface area contributed by atoms with Crippen LogP contribution in [0.1, 0.15) is 30.9 Å². The summed E-state index contributed by atoms with van der Waals surface area (Å²) in [5.74, 6) is -0.763. The van der Waals surface area contributed by atoms with Crippen molar-refractivity contribution in [2.75, 3.05) is 31.7 Å². The number of halogens is 1. The van der Waals surface area contributed by atoms with Gasteiger partial charge in [0.15, 0.2) is 0 Å². The SMILES string of the molecule is CN[C@@H](C)C(=O)N[C@H](C(=O)N1CCc2cc(=O)n(Cc3ccc(F)cc3)cc21)C1CCOCC1. The summed E-state index contributed by atoms with van der Waals surface area (Å²) in [5, 5.41) is 5.88. The van der Waals surface area contributed by atoms with Crippen LogP contribution >= 0.6 is 0 Å². The molecular formula is C25H31FN4O4. The van der Waals surface area contributed by atoms with E-state index in [4.69, 9.17) is 4.74 Å². The third kappa shape index (κ3) is 5.20. The summed E-state index contributed by atoms with van der Waals surface area (Å²) in [6, 6.07) is 6.46. The van der Waals surface area contributed by atoms with Crippen LogP contribution < -0.4 is 21.1 Å². The molecular weight excluding hydrogens is 439 g/mol. The Morgan fingerprint density at radius 1 is 1.21 bits per heavy atom. The van der Waals surface area contributed by atoms with Gasteiger partial charge < -0.3 is 24.8 Å². The molecule has 1 aromatic heterocycles. The maximum absolute atomic E-state index is 13.8. The van der Waals surface area contributed by atoms with Crippen LogP contribution in [0.4, 0.5) is 10.1 Å². The van der Waals surface area contributed by atoms with E-state index in [1.165, 1.54) is 16.7 Å². The number of benzene rings is 1. The molecule has 2 aliphatic heterocycles. The molecule has 2 amide bonds. The zero-order chi connectivity index (χ0) is 24.2. The van der Waals surface area contributed by atoms with Gasteiger partial charge in [0.1, 0.15) is 11.9 Å². The molecule has 2 N–H and O–H groups in total. The third-order valence-corrected chi connectivity index (χ3v) is 6.74. The first-order valence-corrected chi connectivity index (χ1v) is 11.7. The number of pyridine rings is 1. The largest absolute Gasteiger partial charge is 0.381 e. The minimum absolute atomic E-state index is 0.0246. The molecule has 0 bridgehead atoms. The second-order valence-corrected chi connectivity index (χ2v) is 8.96. The maximum atomic E-state index is 13.8. The number of nitrogens with one attached hydrogen (secondary N) is 2. The van der Waals surface area contributed by atoms with Crippen LogP contribution in [0.5, 0.6) is 0 Å². The normalized spacial score (nSPS) is 17.8. The first-order valence-electron chi connectivity index (χ1n) is 11.7. The first kappa shape index (κ1) is 24.1. The van der Waals surface area contributed by atoms with Crippen LogP contribution in [-0.4, -0.2) is 55.3 Å². The van der Waals surface area contributed by atoms with Crippen molar-refractivity contribution in [3.63, 3.8) is 0 Å². The molecule has 1 fully saturated rings. The van der Waals surface area contributed by atoms with E-state index < -0.39 is 12.1 Å². The van der Waals surface area contributed by atoms with Gasteiger partial charge in [0, 0.05) is 32.0 Å². The number of likely N-dealkylation sites (N-methyl/N-ethyl adjacent to an activating group) is 1. The molecule has 0 aliphatic carbocycles. The van der Waals surface area contributed by atoms with Crippen LogP contribution in [0.3, 0.4) is 0 Å². The number of fused-ring (bicyclic) bond motifs is 1. The quantitative estimate of drug-likeness (QED) is 0.639. The lowest BCUT2D eigenvalue weighted by atomic mass is 9.90. The fraction of sp³-hybridized carbons (Fsp3) is 0.480. The first-order chi connectivity index (χ1) is 16.4. The minimum atomic E-state index is -0.671. The molecule has 1 saturated heterocycles. The van der Waals surface area contributed by atoms with Gasteiger partial charge in [-0.3, -0.25) is 14.4 Å². The van der Waals surface area contributed by atoms with Crippen molar-refractivity contribution in [2.45, 2.75) is 44.8 Å². The highest BCUT2D eigenvalue weighted by molar-refractivity contribution is 6.01. The van der Waals surface area contributed by atoms with Crippen molar-refractivity contribution in [3.05, 3.63) is 63.8 Å². The summed E-state index contributed by atoms with van der Waals surface area (Å²) < 4.78 is 20.3.